The molecule has 2 heteroatoms. The van der Waals surface area contributed by atoms with Crippen LogP contribution >= 0.6 is 11.8 Å². The molecule has 0 rings (SSSR count). The van der Waals surface area contributed by atoms with Crippen molar-refractivity contribution in [1.29, 1.82) is 0 Å². The second-order valence-corrected chi connectivity index (χ2v) is 5.90. The molecule has 0 bridgehead atoms. The summed E-state index contributed by atoms with van der Waals surface area (Å²) < 4.78 is 0. The summed E-state index contributed by atoms with van der Waals surface area (Å²) >= 11 is 2.10. The molecule has 0 aliphatic heterocycles. The Balaban J connectivity index is 3.06. The number of hydrogen-bond acceptors (Lipinski definition) is 2. The molecule has 1 unspecified atom stereocenters. The average Bonchev–Trinajstić information content (AvgIpc) is 2.28. The Bertz CT molecular complexity index is 128. The highest BCUT2D eigenvalue weighted by Gasteiger charge is 1.99. The fourth-order valence-corrected chi connectivity index (χ4v) is 2.61. The molecular weight excluding hydrogens is 214 g/mol. The lowest BCUT2D eigenvalue weighted by Gasteiger charge is -2.13. The van der Waals surface area contributed by atoms with Gasteiger partial charge in [0, 0.05) is 18.3 Å². The molecule has 0 saturated carbocycles. The number of nitrogens with one attached hydrogen (secondary N) is 1. The van der Waals surface area contributed by atoms with Crippen LogP contribution in [0.3, 0.4) is 0 Å². The van der Waals surface area contributed by atoms with Crippen LogP contribution in [0.1, 0.15) is 65.7 Å². The average molecular weight is 245 g/mol. The Labute approximate surface area is 107 Å². The third-order valence-corrected chi connectivity index (χ3v) is 3.94. The molecule has 0 radical (unpaired) electrons. The van der Waals surface area contributed by atoms with Gasteiger partial charge in [0.25, 0.3) is 0 Å². The lowest BCUT2D eigenvalue weighted by atomic mass is 10.1. The maximum Gasteiger partial charge on any atom is 0.00581 e. The molecule has 0 amide bonds. The van der Waals surface area contributed by atoms with Crippen molar-refractivity contribution in [2.75, 3.05) is 18.1 Å². The van der Waals surface area contributed by atoms with Gasteiger partial charge < -0.3 is 5.32 Å². The molecule has 98 valence electrons. The second-order valence-electron chi connectivity index (χ2n) is 4.67. The van der Waals surface area contributed by atoms with Gasteiger partial charge in [-0.25, -0.2) is 0 Å². The Morgan fingerprint density at radius 1 is 0.938 bits per heavy atom. The van der Waals surface area contributed by atoms with Crippen molar-refractivity contribution >= 4 is 11.8 Å². The minimum absolute atomic E-state index is 0.711. The topological polar surface area (TPSA) is 12.0 Å². The standard InChI is InChI=1S/C14H31NS/c1-4-6-8-10-14(3)15-11-13-16-12-9-7-5-2/h14-15H,4-13H2,1-3H3. The Kier molecular flexibility index (Phi) is 13.6. The predicted molar refractivity (Wildman–Crippen MR) is 78.5 cm³/mol. The van der Waals surface area contributed by atoms with E-state index in [4.69, 9.17) is 0 Å². The van der Waals surface area contributed by atoms with Crippen molar-refractivity contribution in [3.8, 4) is 0 Å². The second kappa shape index (κ2) is 13.4. The summed E-state index contributed by atoms with van der Waals surface area (Å²) in [6.45, 7) is 8.04. The number of thioether (sulfide) groups is 1. The molecule has 1 atom stereocenters. The van der Waals surface area contributed by atoms with Crippen molar-refractivity contribution in [3.05, 3.63) is 0 Å². The van der Waals surface area contributed by atoms with E-state index in [1.807, 2.05) is 0 Å². The molecule has 1 nitrogen and oxygen atoms in total. The summed E-state index contributed by atoms with van der Waals surface area (Å²) in [6.07, 6.45) is 9.58. The SMILES string of the molecule is CCCCCSCCNC(C)CCCCC. The van der Waals surface area contributed by atoms with E-state index in [9.17, 15) is 0 Å². The monoisotopic (exact) mass is 245 g/mol. The highest BCUT2D eigenvalue weighted by Crippen LogP contribution is 2.06. The molecular formula is C14H31NS. The summed E-state index contributed by atoms with van der Waals surface area (Å²) in [5.41, 5.74) is 0. The zero-order valence-electron chi connectivity index (χ0n) is 11.6. The molecule has 0 heterocycles. The first kappa shape index (κ1) is 16.3. The van der Waals surface area contributed by atoms with Gasteiger partial charge in [0.2, 0.25) is 0 Å². The molecule has 0 spiro atoms. The van der Waals surface area contributed by atoms with E-state index in [1.54, 1.807) is 0 Å². The van der Waals surface area contributed by atoms with E-state index in [0.717, 1.165) is 0 Å². The highest BCUT2D eigenvalue weighted by molar-refractivity contribution is 7.99. The lowest BCUT2D eigenvalue weighted by molar-refractivity contribution is 0.502. The van der Waals surface area contributed by atoms with Crippen LogP contribution in [0.25, 0.3) is 0 Å². The number of hydrogen-bond donors (Lipinski definition) is 1. The van der Waals surface area contributed by atoms with Crippen molar-refractivity contribution in [2.24, 2.45) is 0 Å². The van der Waals surface area contributed by atoms with Gasteiger partial charge in [0.15, 0.2) is 0 Å². The summed E-state index contributed by atoms with van der Waals surface area (Å²) in [4.78, 5) is 0. The third-order valence-electron chi connectivity index (χ3n) is 2.87. The summed E-state index contributed by atoms with van der Waals surface area (Å²) in [6, 6.07) is 0.711. The van der Waals surface area contributed by atoms with Gasteiger partial charge in [-0.3, -0.25) is 0 Å². The molecule has 0 saturated heterocycles. The van der Waals surface area contributed by atoms with Crippen LogP contribution in [0, 0.1) is 0 Å². The number of rotatable bonds is 12. The summed E-state index contributed by atoms with van der Waals surface area (Å²) in [5.74, 6) is 2.63. The molecule has 0 aliphatic rings. The first-order chi connectivity index (χ1) is 7.81. The molecule has 0 aliphatic carbocycles. The molecule has 16 heavy (non-hydrogen) atoms. The third kappa shape index (κ3) is 12.4. The first-order valence-corrected chi connectivity index (χ1v) is 8.27. The van der Waals surface area contributed by atoms with Crippen LogP contribution < -0.4 is 5.32 Å². The van der Waals surface area contributed by atoms with E-state index >= 15 is 0 Å². The Morgan fingerprint density at radius 2 is 1.62 bits per heavy atom. The van der Waals surface area contributed by atoms with E-state index in [1.165, 1.54) is 63.0 Å². The molecule has 0 aromatic rings. The minimum Gasteiger partial charge on any atom is -0.313 e. The van der Waals surface area contributed by atoms with Crippen LogP contribution in [-0.4, -0.2) is 24.1 Å². The van der Waals surface area contributed by atoms with Gasteiger partial charge >= 0.3 is 0 Å². The Hall–Kier alpha value is 0.310. The first-order valence-electron chi connectivity index (χ1n) is 7.12. The van der Waals surface area contributed by atoms with Crippen molar-refractivity contribution in [2.45, 2.75) is 71.8 Å². The zero-order valence-corrected chi connectivity index (χ0v) is 12.4. The van der Waals surface area contributed by atoms with Crippen molar-refractivity contribution < 1.29 is 0 Å². The van der Waals surface area contributed by atoms with Gasteiger partial charge in [0.05, 0.1) is 0 Å². The lowest BCUT2D eigenvalue weighted by Crippen LogP contribution is -2.28. The fourth-order valence-electron chi connectivity index (χ4n) is 1.74. The van der Waals surface area contributed by atoms with E-state index < -0.39 is 0 Å². The summed E-state index contributed by atoms with van der Waals surface area (Å²) in [7, 11) is 0. The van der Waals surface area contributed by atoms with Gasteiger partial charge in [-0.15, -0.1) is 0 Å². The largest absolute Gasteiger partial charge is 0.313 e. The van der Waals surface area contributed by atoms with E-state index in [-0.39, 0.29) is 0 Å². The molecule has 0 aromatic carbocycles. The maximum absolute atomic E-state index is 3.61. The highest BCUT2D eigenvalue weighted by atomic mass is 32.2. The molecule has 0 aromatic heterocycles. The normalized spacial score (nSPS) is 12.9. The van der Waals surface area contributed by atoms with E-state index in [0.29, 0.717) is 6.04 Å². The van der Waals surface area contributed by atoms with Gasteiger partial charge in [-0.1, -0.05) is 46.0 Å². The van der Waals surface area contributed by atoms with E-state index in [2.05, 4.69) is 37.8 Å². The van der Waals surface area contributed by atoms with Crippen molar-refractivity contribution in [3.63, 3.8) is 0 Å². The van der Waals surface area contributed by atoms with Gasteiger partial charge in [-0.05, 0) is 25.5 Å². The van der Waals surface area contributed by atoms with Gasteiger partial charge in [0.1, 0.15) is 0 Å². The van der Waals surface area contributed by atoms with Crippen LogP contribution in [0.2, 0.25) is 0 Å². The summed E-state index contributed by atoms with van der Waals surface area (Å²) in [5, 5.41) is 3.61. The Morgan fingerprint density at radius 3 is 2.31 bits per heavy atom. The minimum atomic E-state index is 0.711. The maximum atomic E-state index is 3.61. The van der Waals surface area contributed by atoms with Gasteiger partial charge in [-0.2, -0.15) is 11.8 Å². The predicted octanol–water partition coefficient (Wildman–Crippen LogP) is 4.47. The van der Waals surface area contributed by atoms with Crippen molar-refractivity contribution in [1.82, 2.24) is 5.32 Å². The smallest absolute Gasteiger partial charge is 0.00581 e. The quantitative estimate of drug-likeness (QED) is 0.509. The number of unbranched alkanes of at least 4 members (excludes halogenated alkanes) is 4. The zero-order chi connectivity index (χ0) is 12.1. The molecule has 1 N–H and O–H groups in total. The van der Waals surface area contributed by atoms with Crippen LogP contribution in [0.15, 0.2) is 0 Å². The fraction of sp³-hybridized carbons (Fsp3) is 1.00. The molecule has 0 fully saturated rings. The van der Waals surface area contributed by atoms with Crippen LogP contribution in [0.5, 0.6) is 0 Å². The van der Waals surface area contributed by atoms with Crippen LogP contribution in [-0.2, 0) is 0 Å². The van der Waals surface area contributed by atoms with Crippen LogP contribution in [0.4, 0.5) is 0 Å².